The van der Waals surface area contributed by atoms with Crippen molar-refractivity contribution in [3.05, 3.63) is 51.2 Å². The predicted octanol–water partition coefficient (Wildman–Crippen LogP) is 4.35. The number of hydrogen-bond acceptors (Lipinski definition) is 2. The Morgan fingerprint density at radius 1 is 1.15 bits per heavy atom. The van der Waals surface area contributed by atoms with Crippen molar-refractivity contribution in [2.24, 2.45) is 0 Å². The van der Waals surface area contributed by atoms with E-state index in [1.54, 1.807) is 11.3 Å². The third-order valence-electron chi connectivity index (χ3n) is 2.81. The monoisotopic (exact) mass is 291 g/mol. The summed E-state index contributed by atoms with van der Waals surface area (Å²) in [4.78, 5) is 2.06. The van der Waals surface area contributed by atoms with Gasteiger partial charge in [0.15, 0.2) is 0 Å². The first kappa shape index (κ1) is 14.5. The number of anilines is 1. The van der Waals surface area contributed by atoms with E-state index in [1.165, 1.54) is 4.88 Å². The van der Waals surface area contributed by atoms with Gasteiger partial charge in [0.1, 0.15) is 11.6 Å². The smallest absolute Gasteiger partial charge is 0.143 e. The van der Waals surface area contributed by atoms with Crippen LogP contribution in [0, 0.1) is 23.5 Å². The molecular weight excluding hydrogens is 276 g/mol. The number of hydrogen-bond donors (Lipinski definition) is 1. The second-order valence-corrected chi connectivity index (χ2v) is 5.65. The van der Waals surface area contributed by atoms with E-state index in [4.69, 9.17) is 5.73 Å². The molecule has 1 heterocycles. The maximum absolute atomic E-state index is 13.6. The molecule has 104 valence electrons. The van der Waals surface area contributed by atoms with Gasteiger partial charge in [0.2, 0.25) is 0 Å². The van der Waals surface area contributed by atoms with E-state index in [2.05, 4.69) is 18.8 Å². The highest BCUT2D eigenvalue weighted by Crippen LogP contribution is 2.19. The molecule has 2 rings (SSSR count). The van der Waals surface area contributed by atoms with Crippen LogP contribution in [0.25, 0.3) is 0 Å². The van der Waals surface area contributed by atoms with Crippen LogP contribution in [0.3, 0.4) is 0 Å². The van der Waals surface area contributed by atoms with Gasteiger partial charge < -0.3 is 5.73 Å². The number of unbranched alkanes of at least 4 members (excludes halogenated alkanes) is 1. The summed E-state index contributed by atoms with van der Waals surface area (Å²) in [5.74, 6) is 3.91. The lowest BCUT2D eigenvalue weighted by atomic mass is 10.2. The molecule has 1 aromatic carbocycles. The molecule has 4 heteroatoms. The molecule has 1 aromatic heterocycles. The van der Waals surface area contributed by atoms with Crippen LogP contribution in [0.5, 0.6) is 0 Å². The number of nitrogen functional groups attached to an aromatic ring is 1. The van der Waals surface area contributed by atoms with E-state index in [0.717, 1.165) is 36.3 Å². The minimum atomic E-state index is -0.724. The maximum Gasteiger partial charge on any atom is 0.143 e. The zero-order valence-corrected chi connectivity index (χ0v) is 12.0. The predicted molar refractivity (Wildman–Crippen MR) is 79.7 cm³/mol. The Hall–Kier alpha value is -1.86. The van der Waals surface area contributed by atoms with Crippen molar-refractivity contribution in [1.82, 2.24) is 0 Å². The Morgan fingerprint density at radius 2 is 1.85 bits per heavy atom. The molecule has 0 fully saturated rings. The van der Waals surface area contributed by atoms with Crippen molar-refractivity contribution in [2.45, 2.75) is 26.2 Å². The zero-order valence-electron chi connectivity index (χ0n) is 11.2. The molecule has 20 heavy (non-hydrogen) atoms. The Morgan fingerprint density at radius 3 is 2.50 bits per heavy atom. The lowest BCUT2D eigenvalue weighted by molar-refractivity contribution is 0.578. The summed E-state index contributed by atoms with van der Waals surface area (Å²) >= 11 is 1.56. The summed E-state index contributed by atoms with van der Waals surface area (Å²) in [5, 5.41) is 0. The quantitative estimate of drug-likeness (QED) is 0.660. The normalized spacial score (nSPS) is 10.2. The molecule has 0 atom stereocenters. The highest BCUT2D eigenvalue weighted by Gasteiger charge is 2.07. The fourth-order valence-electron chi connectivity index (χ4n) is 1.77. The third kappa shape index (κ3) is 3.58. The largest absolute Gasteiger partial charge is 0.399 e. The van der Waals surface area contributed by atoms with Crippen molar-refractivity contribution in [3.63, 3.8) is 0 Å². The van der Waals surface area contributed by atoms with Gasteiger partial charge >= 0.3 is 0 Å². The number of nitrogens with two attached hydrogens (primary N) is 1. The van der Waals surface area contributed by atoms with Gasteiger partial charge in [-0.05, 0) is 37.1 Å². The van der Waals surface area contributed by atoms with Crippen molar-refractivity contribution in [2.75, 3.05) is 5.73 Å². The molecule has 0 spiro atoms. The maximum atomic E-state index is 13.6. The summed E-state index contributed by atoms with van der Waals surface area (Å²) in [6.45, 7) is 2.14. The van der Waals surface area contributed by atoms with E-state index >= 15 is 0 Å². The minimum absolute atomic E-state index is 0.0588. The molecular formula is C16H15F2NS. The lowest BCUT2D eigenvalue weighted by Gasteiger charge is -1.98. The summed E-state index contributed by atoms with van der Waals surface area (Å²) in [6, 6.07) is 6.05. The first-order chi connectivity index (χ1) is 9.60. The van der Waals surface area contributed by atoms with Gasteiger partial charge in [-0.3, -0.25) is 0 Å². The molecule has 0 bridgehead atoms. The van der Waals surface area contributed by atoms with Gasteiger partial charge in [0, 0.05) is 10.6 Å². The van der Waals surface area contributed by atoms with Gasteiger partial charge in [-0.1, -0.05) is 25.2 Å². The van der Waals surface area contributed by atoms with Crippen molar-refractivity contribution < 1.29 is 8.78 Å². The topological polar surface area (TPSA) is 26.0 Å². The van der Waals surface area contributed by atoms with Crippen molar-refractivity contribution >= 4 is 17.0 Å². The molecule has 0 aliphatic carbocycles. The van der Waals surface area contributed by atoms with Crippen molar-refractivity contribution in [1.29, 1.82) is 0 Å². The molecule has 0 amide bonds. The van der Waals surface area contributed by atoms with Crippen LogP contribution < -0.4 is 5.73 Å². The second kappa shape index (κ2) is 6.53. The number of rotatable bonds is 3. The SMILES string of the molecule is CCCCc1ccc(C#Cc2c(F)cc(N)cc2F)s1. The summed E-state index contributed by atoms with van der Waals surface area (Å²) < 4.78 is 27.1. The van der Waals surface area contributed by atoms with Crippen LogP contribution >= 0.6 is 11.3 Å². The third-order valence-corrected chi connectivity index (χ3v) is 3.87. The average molecular weight is 291 g/mol. The zero-order chi connectivity index (χ0) is 14.5. The molecule has 0 saturated heterocycles. The number of aryl methyl sites for hydroxylation is 1. The van der Waals surface area contributed by atoms with Crippen LogP contribution in [0.1, 0.15) is 35.1 Å². The van der Waals surface area contributed by atoms with E-state index in [9.17, 15) is 8.78 Å². The fourth-order valence-corrected chi connectivity index (χ4v) is 2.67. The van der Waals surface area contributed by atoms with Gasteiger partial charge in [0.25, 0.3) is 0 Å². The van der Waals surface area contributed by atoms with Crippen LogP contribution in [-0.2, 0) is 6.42 Å². The van der Waals surface area contributed by atoms with Gasteiger partial charge in [0.05, 0.1) is 10.4 Å². The first-order valence-corrected chi connectivity index (χ1v) is 7.27. The van der Waals surface area contributed by atoms with E-state index < -0.39 is 11.6 Å². The van der Waals surface area contributed by atoms with E-state index in [0.29, 0.717) is 0 Å². The molecule has 2 N–H and O–H groups in total. The fraction of sp³-hybridized carbons (Fsp3) is 0.250. The van der Waals surface area contributed by atoms with Gasteiger partial charge in [-0.15, -0.1) is 11.3 Å². The van der Waals surface area contributed by atoms with E-state index in [-0.39, 0.29) is 11.3 Å². The summed E-state index contributed by atoms with van der Waals surface area (Å²) in [5.41, 5.74) is 5.18. The van der Waals surface area contributed by atoms with Crippen LogP contribution in [-0.4, -0.2) is 0 Å². The number of thiophene rings is 1. The van der Waals surface area contributed by atoms with Crippen LogP contribution in [0.2, 0.25) is 0 Å². The molecule has 0 radical (unpaired) electrons. The van der Waals surface area contributed by atoms with Crippen LogP contribution in [0.15, 0.2) is 24.3 Å². The van der Waals surface area contributed by atoms with E-state index in [1.807, 2.05) is 12.1 Å². The summed E-state index contributed by atoms with van der Waals surface area (Å²) in [6.07, 6.45) is 3.29. The molecule has 0 aliphatic rings. The molecule has 0 unspecified atom stereocenters. The van der Waals surface area contributed by atoms with Crippen LogP contribution in [0.4, 0.5) is 14.5 Å². The molecule has 2 aromatic rings. The lowest BCUT2D eigenvalue weighted by Crippen LogP contribution is -1.94. The standard InChI is InChI=1S/C16H15F2NS/c1-2-3-4-12-5-6-13(20-12)7-8-14-15(17)9-11(19)10-16(14)18/h5-6,9-10H,2-4,19H2,1H3. The summed E-state index contributed by atoms with van der Waals surface area (Å²) in [7, 11) is 0. The number of benzene rings is 1. The Labute approximate surface area is 121 Å². The highest BCUT2D eigenvalue weighted by atomic mass is 32.1. The van der Waals surface area contributed by atoms with Gasteiger partial charge in [-0.2, -0.15) is 0 Å². The molecule has 0 aliphatic heterocycles. The minimum Gasteiger partial charge on any atom is -0.399 e. The highest BCUT2D eigenvalue weighted by molar-refractivity contribution is 7.12. The Kier molecular flexibility index (Phi) is 4.75. The Balaban J connectivity index is 2.21. The first-order valence-electron chi connectivity index (χ1n) is 6.45. The Bertz CT molecular complexity index is 642. The molecule has 1 nitrogen and oxygen atoms in total. The molecule has 0 saturated carbocycles. The van der Waals surface area contributed by atoms with Gasteiger partial charge in [-0.25, -0.2) is 8.78 Å². The van der Waals surface area contributed by atoms with Crippen molar-refractivity contribution in [3.8, 4) is 11.8 Å². The second-order valence-electron chi connectivity index (χ2n) is 4.48. The number of halogens is 2. The average Bonchev–Trinajstić information content (AvgIpc) is 2.83.